The molecule has 0 aliphatic rings. The van der Waals surface area contributed by atoms with Crippen LogP contribution in [0.2, 0.25) is 0 Å². The number of aromatic nitrogens is 4. The first-order chi connectivity index (χ1) is 7.56. The summed E-state index contributed by atoms with van der Waals surface area (Å²) < 4.78 is 22.6. The van der Waals surface area contributed by atoms with Crippen molar-refractivity contribution >= 4 is 34.3 Å². The van der Waals surface area contributed by atoms with Crippen molar-refractivity contribution in [3.05, 3.63) is 12.0 Å². The number of carbonyl (C=O) groups is 1. The molecule has 0 spiro atoms. The monoisotopic (exact) mass is 241 g/mol. The molecule has 0 fully saturated rings. The second-order valence-electron chi connectivity index (χ2n) is 2.72. The van der Waals surface area contributed by atoms with Crippen LogP contribution in [0.4, 0.5) is 5.95 Å². The highest BCUT2D eigenvalue weighted by Crippen LogP contribution is 2.09. The fourth-order valence-electron chi connectivity index (χ4n) is 1.05. The first kappa shape index (κ1) is 10.4. The number of amides is 1. The summed E-state index contributed by atoms with van der Waals surface area (Å²) in [4.78, 5) is 24.6. The minimum Gasteiger partial charge on any atom is -0.755 e. The molecular formula is C6H5N6O3S-. The Morgan fingerprint density at radius 3 is 2.94 bits per heavy atom. The number of anilines is 1. The lowest BCUT2D eigenvalue weighted by Gasteiger charge is -2.04. The van der Waals surface area contributed by atoms with E-state index in [1.165, 1.54) is 6.20 Å². The maximum absolute atomic E-state index is 10.8. The molecule has 10 heteroatoms. The van der Waals surface area contributed by atoms with E-state index in [2.05, 4.69) is 19.9 Å². The Bertz CT molecular complexity index is 581. The third-order valence-electron chi connectivity index (χ3n) is 1.65. The maximum atomic E-state index is 10.8. The Morgan fingerprint density at radius 1 is 1.56 bits per heavy atom. The number of imidazole rings is 1. The predicted molar refractivity (Wildman–Crippen MR) is 52.7 cm³/mol. The molecule has 1 unspecified atom stereocenters. The van der Waals surface area contributed by atoms with Gasteiger partial charge in [-0.05, 0) is 0 Å². The molecule has 2 aromatic heterocycles. The average Bonchev–Trinajstić information content (AvgIpc) is 2.59. The zero-order valence-electron chi connectivity index (χ0n) is 7.63. The quantitative estimate of drug-likeness (QED) is 0.566. The lowest BCUT2D eigenvalue weighted by Crippen LogP contribution is -2.12. The molecule has 4 N–H and O–H groups in total. The average molecular weight is 241 g/mol. The third-order valence-corrected chi connectivity index (χ3v) is 2.00. The number of aromatic amines is 1. The van der Waals surface area contributed by atoms with Crippen LogP contribution in [0.15, 0.2) is 6.20 Å². The molecule has 1 amide bonds. The van der Waals surface area contributed by atoms with Crippen molar-refractivity contribution in [2.24, 2.45) is 5.73 Å². The normalized spacial score (nSPS) is 12.6. The van der Waals surface area contributed by atoms with Gasteiger partial charge in [-0.25, -0.2) is 9.97 Å². The highest BCUT2D eigenvalue weighted by molar-refractivity contribution is 7.80. The summed E-state index contributed by atoms with van der Waals surface area (Å²) in [5.41, 5.74) is 5.54. The number of hydrogen-bond acceptors (Lipinski definition) is 6. The van der Waals surface area contributed by atoms with Crippen LogP contribution < -0.4 is 10.5 Å². The molecule has 2 heterocycles. The molecule has 0 saturated heterocycles. The third kappa shape index (κ3) is 1.97. The van der Waals surface area contributed by atoms with Gasteiger partial charge in [0.1, 0.15) is 5.52 Å². The van der Waals surface area contributed by atoms with Crippen molar-refractivity contribution in [3.63, 3.8) is 0 Å². The Balaban J connectivity index is 2.45. The van der Waals surface area contributed by atoms with Gasteiger partial charge in [-0.1, -0.05) is 0 Å². The summed E-state index contributed by atoms with van der Waals surface area (Å²) >= 11 is -2.52. The van der Waals surface area contributed by atoms with Gasteiger partial charge in [0.25, 0.3) is 5.91 Å². The fourth-order valence-corrected chi connectivity index (χ4v) is 1.30. The minimum atomic E-state index is -2.52. The number of nitrogens with zero attached hydrogens (tertiary/aromatic N) is 3. The highest BCUT2D eigenvalue weighted by Gasteiger charge is 2.09. The van der Waals surface area contributed by atoms with E-state index in [-0.39, 0.29) is 17.4 Å². The Kier molecular flexibility index (Phi) is 2.50. The van der Waals surface area contributed by atoms with Gasteiger partial charge >= 0.3 is 0 Å². The van der Waals surface area contributed by atoms with Crippen molar-refractivity contribution in [1.29, 1.82) is 0 Å². The number of fused-ring (bicyclic) bond motifs is 1. The Morgan fingerprint density at radius 2 is 2.31 bits per heavy atom. The van der Waals surface area contributed by atoms with Crippen molar-refractivity contribution in [1.82, 2.24) is 19.9 Å². The second kappa shape index (κ2) is 3.83. The van der Waals surface area contributed by atoms with Gasteiger partial charge in [0.05, 0.1) is 6.20 Å². The molecule has 1 atom stereocenters. The van der Waals surface area contributed by atoms with Crippen molar-refractivity contribution in [3.8, 4) is 0 Å². The molecule has 2 rings (SSSR count). The first-order valence-corrected chi connectivity index (χ1v) is 5.02. The van der Waals surface area contributed by atoms with E-state index in [0.29, 0.717) is 5.52 Å². The van der Waals surface area contributed by atoms with Gasteiger partial charge < -0.3 is 15.3 Å². The number of nitrogens with two attached hydrogens (primary N) is 1. The van der Waals surface area contributed by atoms with Crippen LogP contribution in [0, 0.1) is 0 Å². The summed E-state index contributed by atoms with van der Waals surface area (Å²) in [5, 5.41) is 0. The van der Waals surface area contributed by atoms with E-state index in [4.69, 9.17) is 5.73 Å². The maximum Gasteiger partial charge on any atom is 0.284 e. The van der Waals surface area contributed by atoms with Crippen LogP contribution in [0.25, 0.3) is 11.2 Å². The van der Waals surface area contributed by atoms with E-state index in [1.54, 1.807) is 0 Å². The van der Waals surface area contributed by atoms with Gasteiger partial charge in [-0.2, -0.15) is 4.98 Å². The van der Waals surface area contributed by atoms with E-state index >= 15 is 0 Å². The zero-order valence-corrected chi connectivity index (χ0v) is 8.45. The standard InChI is InChI=1S/C6H6N6O3S/c7-3(13)5-9-2-1-8-6(12-16(14)15)11-4(2)10-5/h1H,(H2,7,13)(H,14,15)(H2,8,9,10,11,12)/p-1. The smallest absolute Gasteiger partial charge is 0.284 e. The van der Waals surface area contributed by atoms with Gasteiger partial charge in [-0.15, -0.1) is 0 Å². The Labute approximate surface area is 90.9 Å². The molecule has 0 bridgehead atoms. The molecular weight excluding hydrogens is 236 g/mol. The fraction of sp³-hybridized carbons (Fsp3) is 0. The van der Waals surface area contributed by atoms with Crippen LogP contribution >= 0.6 is 0 Å². The first-order valence-electron chi connectivity index (χ1n) is 3.95. The van der Waals surface area contributed by atoms with E-state index < -0.39 is 17.2 Å². The van der Waals surface area contributed by atoms with Gasteiger partial charge in [-0.3, -0.25) is 13.7 Å². The molecule has 0 aliphatic carbocycles. The summed E-state index contributed by atoms with van der Waals surface area (Å²) in [7, 11) is 0. The number of H-pyrrole nitrogens is 1. The minimum absolute atomic E-state index is 0.0651. The largest absolute Gasteiger partial charge is 0.755 e. The van der Waals surface area contributed by atoms with Crippen LogP contribution in [0.3, 0.4) is 0 Å². The number of carbonyl (C=O) groups excluding carboxylic acids is 1. The second-order valence-corrected chi connectivity index (χ2v) is 3.39. The number of hydrogen-bond donors (Lipinski definition) is 3. The van der Waals surface area contributed by atoms with Crippen LogP contribution in [-0.2, 0) is 11.3 Å². The van der Waals surface area contributed by atoms with Gasteiger partial charge in [0.15, 0.2) is 11.5 Å². The molecule has 0 aliphatic heterocycles. The molecule has 0 saturated carbocycles. The SMILES string of the molecule is NC(=O)c1nc2nc(NS(=O)[O-])ncc2[nH]1. The van der Waals surface area contributed by atoms with E-state index in [9.17, 15) is 13.6 Å². The van der Waals surface area contributed by atoms with Crippen molar-refractivity contribution < 1.29 is 13.6 Å². The van der Waals surface area contributed by atoms with E-state index in [1.807, 2.05) is 4.72 Å². The molecule has 9 nitrogen and oxygen atoms in total. The van der Waals surface area contributed by atoms with Crippen molar-refractivity contribution in [2.45, 2.75) is 0 Å². The summed E-state index contributed by atoms with van der Waals surface area (Å²) in [6.07, 6.45) is 1.29. The molecule has 2 aromatic rings. The van der Waals surface area contributed by atoms with Crippen LogP contribution in [0.5, 0.6) is 0 Å². The zero-order chi connectivity index (χ0) is 11.7. The molecule has 0 aromatic carbocycles. The molecule has 0 radical (unpaired) electrons. The lowest BCUT2D eigenvalue weighted by atomic mass is 10.6. The molecule has 16 heavy (non-hydrogen) atoms. The topological polar surface area (TPSA) is 150 Å². The predicted octanol–water partition coefficient (Wildman–Crippen LogP) is -1.34. The van der Waals surface area contributed by atoms with Gasteiger partial charge in [0.2, 0.25) is 5.95 Å². The number of nitrogens with one attached hydrogen (secondary N) is 2. The Hall–Kier alpha value is -2.07. The van der Waals surface area contributed by atoms with Crippen molar-refractivity contribution in [2.75, 3.05) is 4.72 Å². The van der Waals surface area contributed by atoms with Crippen LogP contribution in [0.1, 0.15) is 10.6 Å². The summed E-state index contributed by atoms with van der Waals surface area (Å²) in [6.45, 7) is 0. The van der Waals surface area contributed by atoms with Gasteiger partial charge in [0, 0.05) is 11.3 Å². The molecule has 84 valence electrons. The highest BCUT2D eigenvalue weighted by atomic mass is 32.2. The van der Waals surface area contributed by atoms with E-state index in [0.717, 1.165) is 0 Å². The van der Waals surface area contributed by atoms with Crippen LogP contribution in [-0.4, -0.2) is 34.6 Å². The lowest BCUT2D eigenvalue weighted by molar-refractivity contribution is 0.0991. The number of rotatable bonds is 3. The summed E-state index contributed by atoms with van der Waals surface area (Å²) in [5.74, 6) is -0.937. The number of primary amides is 1. The summed E-state index contributed by atoms with van der Waals surface area (Å²) in [6, 6.07) is 0.